The molecule has 0 radical (unpaired) electrons. The number of carbonyl (C=O) groups is 1. The summed E-state index contributed by atoms with van der Waals surface area (Å²) >= 11 is 1.59. The summed E-state index contributed by atoms with van der Waals surface area (Å²) in [4.78, 5) is 29.7. The van der Waals surface area contributed by atoms with Gasteiger partial charge in [-0.2, -0.15) is 0 Å². The van der Waals surface area contributed by atoms with E-state index in [0.29, 0.717) is 11.3 Å². The first kappa shape index (κ1) is 15.2. The maximum atomic E-state index is 12.5. The molecule has 0 fully saturated rings. The minimum absolute atomic E-state index is 0.223. The number of nitrogens with zero attached hydrogens (tertiary/aromatic N) is 2. The van der Waals surface area contributed by atoms with Gasteiger partial charge in [0.2, 0.25) is 0 Å². The first-order chi connectivity index (χ1) is 10.3. The first-order valence-corrected chi connectivity index (χ1v) is 8.30. The molecule has 0 bridgehead atoms. The number of hydrogen-bond donors (Lipinski definition) is 1. The molecule has 118 valence electrons. The van der Waals surface area contributed by atoms with E-state index in [0.717, 1.165) is 29.7 Å². The Labute approximate surface area is 132 Å². The van der Waals surface area contributed by atoms with E-state index in [1.165, 1.54) is 15.8 Å². The second kappa shape index (κ2) is 5.19. The van der Waals surface area contributed by atoms with E-state index in [1.807, 2.05) is 0 Å². The van der Waals surface area contributed by atoms with Crippen molar-refractivity contribution in [3.63, 3.8) is 0 Å². The van der Waals surface area contributed by atoms with E-state index in [9.17, 15) is 9.59 Å². The molecule has 3 rings (SSSR count). The van der Waals surface area contributed by atoms with Gasteiger partial charge in [-0.25, -0.2) is 4.98 Å². The first-order valence-electron chi connectivity index (χ1n) is 7.49. The fraction of sp³-hybridized carbons (Fsp3) is 0.562. The molecule has 0 saturated heterocycles. The number of aromatic nitrogens is 2. The largest absolute Gasteiger partial charge is 0.480 e. The number of thiophene rings is 1. The highest BCUT2D eigenvalue weighted by Gasteiger charge is 2.31. The second-order valence-electron chi connectivity index (χ2n) is 7.06. The molecular weight excluding hydrogens is 300 g/mol. The summed E-state index contributed by atoms with van der Waals surface area (Å²) in [5.74, 6) is -0.422. The fourth-order valence-electron chi connectivity index (χ4n) is 3.20. The summed E-state index contributed by atoms with van der Waals surface area (Å²) in [5, 5.41) is 9.53. The van der Waals surface area contributed by atoms with Crippen LogP contribution in [0.25, 0.3) is 10.2 Å². The van der Waals surface area contributed by atoms with Gasteiger partial charge < -0.3 is 5.11 Å². The van der Waals surface area contributed by atoms with E-state index in [-0.39, 0.29) is 17.5 Å². The molecule has 6 heteroatoms. The van der Waals surface area contributed by atoms with Crippen molar-refractivity contribution < 1.29 is 9.90 Å². The van der Waals surface area contributed by atoms with Gasteiger partial charge in [0.25, 0.3) is 5.56 Å². The average molecular weight is 320 g/mol. The Balaban J connectivity index is 2.08. The lowest BCUT2D eigenvalue weighted by Gasteiger charge is -2.33. The van der Waals surface area contributed by atoms with Crippen LogP contribution in [-0.2, 0) is 24.2 Å². The van der Waals surface area contributed by atoms with Crippen LogP contribution >= 0.6 is 11.3 Å². The summed E-state index contributed by atoms with van der Waals surface area (Å²) in [5.41, 5.74) is 1.13. The van der Waals surface area contributed by atoms with Crippen molar-refractivity contribution in [2.24, 2.45) is 11.3 Å². The highest BCUT2D eigenvalue weighted by atomic mass is 32.1. The molecule has 0 amide bonds. The van der Waals surface area contributed by atoms with Crippen molar-refractivity contribution in [1.29, 1.82) is 0 Å². The third-order valence-corrected chi connectivity index (χ3v) is 5.73. The van der Waals surface area contributed by atoms with Crippen LogP contribution in [0.5, 0.6) is 0 Å². The number of hydrogen-bond acceptors (Lipinski definition) is 4. The van der Waals surface area contributed by atoms with Gasteiger partial charge in [-0.1, -0.05) is 20.8 Å². The molecule has 5 nitrogen and oxygen atoms in total. The third kappa shape index (κ3) is 2.56. The van der Waals surface area contributed by atoms with Crippen molar-refractivity contribution in [3.05, 3.63) is 27.1 Å². The molecule has 0 aromatic carbocycles. The fourth-order valence-corrected chi connectivity index (χ4v) is 4.46. The molecule has 1 aliphatic carbocycles. The Morgan fingerprint density at radius 3 is 2.86 bits per heavy atom. The Morgan fingerprint density at radius 2 is 2.23 bits per heavy atom. The lowest BCUT2D eigenvalue weighted by atomic mass is 9.72. The molecule has 0 unspecified atom stereocenters. The van der Waals surface area contributed by atoms with Crippen LogP contribution in [0.2, 0.25) is 0 Å². The van der Waals surface area contributed by atoms with Crippen molar-refractivity contribution in [2.75, 3.05) is 0 Å². The van der Waals surface area contributed by atoms with E-state index in [2.05, 4.69) is 25.8 Å². The highest BCUT2D eigenvalue weighted by molar-refractivity contribution is 7.18. The van der Waals surface area contributed by atoms with Gasteiger partial charge in [-0.05, 0) is 36.2 Å². The van der Waals surface area contributed by atoms with Crippen LogP contribution < -0.4 is 5.56 Å². The highest BCUT2D eigenvalue weighted by Crippen LogP contribution is 2.41. The van der Waals surface area contributed by atoms with Crippen LogP contribution in [0.3, 0.4) is 0 Å². The van der Waals surface area contributed by atoms with Gasteiger partial charge in [-0.3, -0.25) is 14.2 Å². The summed E-state index contributed by atoms with van der Waals surface area (Å²) < 4.78 is 1.19. The summed E-state index contributed by atoms with van der Waals surface area (Å²) in [6.45, 7) is 6.44. The maximum absolute atomic E-state index is 12.5. The molecule has 22 heavy (non-hydrogen) atoms. The van der Waals surface area contributed by atoms with Gasteiger partial charge >= 0.3 is 5.97 Å². The molecule has 2 aromatic heterocycles. The quantitative estimate of drug-likeness (QED) is 0.923. The van der Waals surface area contributed by atoms with Gasteiger partial charge in [0.05, 0.1) is 11.7 Å². The van der Waals surface area contributed by atoms with E-state index < -0.39 is 5.97 Å². The van der Waals surface area contributed by atoms with Crippen LogP contribution in [0.1, 0.15) is 37.6 Å². The molecule has 2 aromatic rings. The van der Waals surface area contributed by atoms with Crippen LogP contribution in [0.4, 0.5) is 0 Å². The maximum Gasteiger partial charge on any atom is 0.323 e. The third-order valence-electron chi connectivity index (χ3n) is 4.57. The minimum atomic E-state index is -1.03. The molecular formula is C16H20N2O3S. The number of carboxylic acid groups (broad SMARTS) is 1. The predicted octanol–water partition coefficient (Wildman–Crippen LogP) is 2.69. The monoisotopic (exact) mass is 320 g/mol. The van der Waals surface area contributed by atoms with E-state index >= 15 is 0 Å². The molecule has 1 N–H and O–H groups in total. The van der Waals surface area contributed by atoms with Gasteiger partial charge in [0, 0.05) is 4.88 Å². The lowest BCUT2D eigenvalue weighted by Crippen LogP contribution is -2.27. The van der Waals surface area contributed by atoms with Crippen molar-refractivity contribution in [2.45, 2.75) is 46.6 Å². The van der Waals surface area contributed by atoms with Gasteiger partial charge in [-0.15, -0.1) is 11.3 Å². The molecule has 0 spiro atoms. The van der Waals surface area contributed by atoms with Gasteiger partial charge in [0.15, 0.2) is 0 Å². The normalized spacial score (nSPS) is 18.4. The van der Waals surface area contributed by atoms with Crippen LogP contribution in [-0.4, -0.2) is 20.6 Å². The average Bonchev–Trinajstić information content (AvgIpc) is 2.78. The van der Waals surface area contributed by atoms with Crippen LogP contribution in [0.15, 0.2) is 11.1 Å². The number of rotatable bonds is 2. The van der Waals surface area contributed by atoms with Crippen molar-refractivity contribution >= 4 is 27.5 Å². The number of aliphatic carboxylic acids is 1. The number of aryl methyl sites for hydroxylation is 1. The number of fused-ring (bicyclic) bond motifs is 3. The standard InChI is InChI=1S/C16H20N2O3S/c1-16(2,3)9-4-5-10-11(6-9)22-14-13(10)15(21)18(8-17-14)7-12(19)20/h8-9H,4-7H2,1-3H3,(H,19,20)/t9-/m0/s1. The van der Waals surface area contributed by atoms with E-state index in [1.54, 1.807) is 11.3 Å². The Bertz CT molecular complexity index is 798. The predicted molar refractivity (Wildman–Crippen MR) is 86.5 cm³/mol. The molecule has 0 saturated carbocycles. The number of carboxylic acids is 1. The lowest BCUT2D eigenvalue weighted by molar-refractivity contribution is -0.137. The SMILES string of the molecule is CC(C)(C)[C@H]1CCc2c(sc3ncn(CC(=O)O)c(=O)c23)C1. The zero-order valence-corrected chi connectivity index (χ0v) is 13.9. The smallest absolute Gasteiger partial charge is 0.323 e. The topological polar surface area (TPSA) is 72.2 Å². The van der Waals surface area contributed by atoms with Gasteiger partial charge in [0.1, 0.15) is 11.4 Å². The molecule has 0 aliphatic heterocycles. The minimum Gasteiger partial charge on any atom is -0.480 e. The van der Waals surface area contributed by atoms with Crippen LogP contribution in [0, 0.1) is 11.3 Å². The molecule has 1 atom stereocenters. The Hall–Kier alpha value is -1.69. The summed E-state index contributed by atoms with van der Waals surface area (Å²) in [6.07, 6.45) is 4.28. The zero-order chi connectivity index (χ0) is 16.1. The van der Waals surface area contributed by atoms with E-state index in [4.69, 9.17) is 5.11 Å². The molecule has 2 heterocycles. The van der Waals surface area contributed by atoms with Crippen molar-refractivity contribution in [3.8, 4) is 0 Å². The summed E-state index contributed by atoms with van der Waals surface area (Å²) in [6, 6.07) is 0. The zero-order valence-electron chi connectivity index (χ0n) is 13.0. The molecule has 1 aliphatic rings. The second-order valence-corrected chi connectivity index (χ2v) is 8.14. The Kier molecular flexibility index (Phi) is 3.59. The van der Waals surface area contributed by atoms with Crippen molar-refractivity contribution in [1.82, 2.24) is 9.55 Å². The summed E-state index contributed by atoms with van der Waals surface area (Å²) in [7, 11) is 0. The Morgan fingerprint density at radius 1 is 1.50 bits per heavy atom.